The van der Waals surface area contributed by atoms with Crippen LogP contribution in [0.2, 0.25) is 0 Å². The van der Waals surface area contributed by atoms with Gasteiger partial charge in [0.2, 0.25) is 0 Å². The molecule has 0 saturated carbocycles. The molecular weight excluding hydrogens is 384 g/mol. The summed E-state index contributed by atoms with van der Waals surface area (Å²) in [5.74, 6) is -0.130. The van der Waals surface area contributed by atoms with Crippen LogP contribution in [0.15, 0.2) is 27.9 Å². The van der Waals surface area contributed by atoms with Crippen molar-refractivity contribution in [2.45, 2.75) is 19.9 Å². The number of carbonyl (C=O) groups is 1. The largest absolute Gasteiger partial charge is 0.503 e. The van der Waals surface area contributed by atoms with Crippen LogP contribution in [0.3, 0.4) is 0 Å². The summed E-state index contributed by atoms with van der Waals surface area (Å²) in [7, 11) is 1.32. The summed E-state index contributed by atoms with van der Waals surface area (Å²) in [5.41, 5.74) is 1.75. The van der Waals surface area contributed by atoms with Gasteiger partial charge >= 0.3 is 5.97 Å². The minimum Gasteiger partial charge on any atom is -0.503 e. The second kappa shape index (κ2) is 7.18. The number of phenols is 1. The van der Waals surface area contributed by atoms with E-state index >= 15 is 0 Å². The minimum absolute atomic E-state index is 0.00688. The van der Waals surface area contributed by atoms with Crippen LogP contribution in [0.1, 0.15) is 25.5 Å². The molecular formula is C15H17BrN2O4S. The average Bonchev–Trinajstić information content (AvgIpc) is 2.50. The first-order valence-corrected chi connectivity index (χ1v) is 8.11. The highest BCUT2D eigenvalue weighted by Crippen LogP contribution is 2.39. The van der Waals surface area contributed by atoms with E-state index < -0.39 is 12.0 Å². The molecule has 1 aromatic rings. The molecule has 6 nitrogen and oxygen atoms in total. The number of phenolic OH excluding ortho intramolecular Hbond substituents is 1. The number of benzene rings is 1. The SMILES string of the molecule is CCOc1cc([C@@H]2NC(=S)NC(C)=C2C(=O)OC)cc(Br)c1O. The van der Waals surface area contributed by atoms with Gasteiger partial charge in [0.1, 0.15) is 0 Å². The fraction of sp³-hybridized carbons (Fsp3) is 0.333. The van der Waals surface area contributed by atoms with Crippen molar-refractivity contribution in [1.29, 1.82) is 0 Å². The molecule has 23 heavy (non-hydrogen) atoms. The van der Waals surface area contributed by atoms with Crippen molar-refractivity contribution < 1.29 is 19.4 Å². The summed E-state index contributed by atoms with van der Waals surface area (Å²) >= 11 is 8.48. The van der Waals surface area contributed by atoms with Crippen LogP contribution >= 0.6 is 28.1 Å². The lowest BCUT2D eigenvalue weighted by Crippen LogP contribution is -2.45. The van der Waals surface area contributed by atoms with Gasteiger partial charge < -0.3 is 25.2 Å². The third kappa shape index (κ3) is 3.59. The normalized spacial score (nSPS) is 17.4. The van der Waals surface area contributed by atoms with E-state index in [9.17, 15) is 9.90 Å². The Kier molecular flexibility index (Phi) is 5.48. The van der Waals surface area contributed by atoms with Gasteiger partial charge in [0, 0.05) is 5.70 Å². The Morgan fingerprint density at radius 2 is 2.17 bits per heavy atom. The number of carbonyl (C=O) groups excluding carboxylic acids is 1. The van der Waals surface area contributed by atoms with Crippen LogP contribution in [-0.4, -0.2) is 29.9 Å². The fourth-order valence-corrected chi connectivity index (χ4v) is 3.08. The van der Waals surface area contributed by atoms with Crippen LogP contribution in [-0.2, 0) is 9.53 Å². The Morgan fingerprint density at radius 1 is 1.48 bits per heavy atom. The van der Waals surface area contributed by atoms with Gasteiger partial charge in [0.25, 0.3) is 0 Å². The number of halogens is 1. The van der Waals surface area contributed by atoms with E-state index in [0.717, 1.165) is 0 Å². The zero-order valence-electron chi connectivity index (χ0n) is 12.9. The number of nitrogens with one attached hydrogen (secondary N) is 2. The summed E-state index contributed by atoms with van der Waals surface area (Å²) in [4.78, 5) is 12.1. The van der Waals surface area contributed by atoms with Gasteiger partial charge in [0.15, 0.2) is 16.6 Å². The highest BCUT2D eigenvalue weighted by Gasteiger charge is 2.31. The van der Waals surface area contributed by atoms with Crippen molar-refractivity contribution >= 4 is 39.2 Å². The molecule has 0 saturated heterocycles. The predicted molar refractivity (Wildman–Crippen MR) is 93.3 cm³/mol. The Labute approximate surface area is 148 Å². The van der Waals surface area contributed by atoms with Crippen molar-refractivity contribution in [2.24, 2.45) is 0 Å². The van der Waals surface area contributed by atoms with Crippen molar-refractivity contribution in [3.63, 3.8) is 0 Å². The van der Waals surface area contributed by atoms with E-state index in [2.05, 4.69) is 26.6 Å². The van der Waals surface area contributed by atoms with E-state index in [4.69, 9.17) is 21.7 Å². The van der Waals surface area contributed by atoms with Gasteiger partial charge in [0.05, 0.1) is 29.8 Å². The van der Waals surface area contributed by atoms with Crippen molar-refractivity contribution in [3.8, 4) is 11.5 Å². The lowest BCUT2D eigenvalue weighted by molar-refractivity contribution is -0.136. The third-order valence-corrected chi connectivity index (χ3v) is 4.18. The smallest absolute Gasteiger partial charge is 0.337 e. The van der Waals surface area contributed by atoms with Gasteiger partial charge in [-0.3, -0.25) is 0 Å². The number of hydrogen-bond acceptors (Lipinski definition) is 5. The maximum absolute atomic E-state index is 12.1. The third-order valence-electron chi connectivity index (χ3n) is 3.36. The number of rotatable bonds is 4. The second-order valence-electron chi connectivity index (χ2n) is 4.84. The quantitative estimate of drug-likeness (QED) is 0.529. The standard InChI is InChI=1S/C15H17BrN2O4S/c1-4-22-10-6-8(5-9(16)13(10)19)12-11(14(20)21-3)7(2)17-15(23)18-12/h5-6,12,19H,4H2,1-3H3,(H2,17,18,23)/t12-/m0/s1. The van der Waals surface area contributed by atoms with Gasteiger partial charge in [-0.1, -0.05) is 0 Å². The summed E-state index contributed by atoms with van der Waals surface area (Å²) < 4.78 is 10.8. The molecule has 2 rings (SSSR count). The summed E-state index contributed by atoms with van der Waals surface area (Å²) in [5, 5.41) is 16.4. The van der Waals surface area contributed by atoms with Gasteiger partial charge in [-0.05, 0) is 59.7 Å². The highest BCUT2D eigenvalue weighted by atomic mass is 79.9. The molecule has 0 aromatic heterocycles. The first-order chi connectivity index (χ1) is 10.9. The number of methoxy groups -OCH3 is 1. The maximum atomic E-state index is 12.1. The molecule has 124 valence electrons. The van der Waals surface area contributed by atoms with E-state index in [-0.39, 0.29) is 5.75 Å². The number of ether oxygens (including phenoxy) is 2. The Morgan fingerprint density at radius 3 is 2.78 bits per heavy atom. The molecule has 0 unspecified atom stereocenters. The summed E-state index contributed by atoms with van der Waals surface area (Å²) in [6, 6.07) is 2.87. The second-order valence-corrected chi connectivity index (χ2v) is 6.11. The highest BCUT2D eigenvalue weighted by molar-refractivity contribution is 9.10. The van der Waals surface area contributed by atoms with Crippen LogP contribution in [0.5, 0.6) is 11.5 Å². The molecule has 0 fully saturated rings. The molecule has 0 amide bonds. The number of hydrogen-bond donors (Lipinski definition) is 3. The van der Waals surface area contributed by atoms with Crippen LogP contribution < -0.4 is 15.4 Å². The fourth-order valence-electron chi connectivity index (χ4n) is 2.35. The molecule has 0 spiro atoms. The molecule has 8 heteroatoms. The summed E-state index contributed by atoms with van der Waals surface area (Å²) in [6.07, 6.45) is 0. The topological polar surface area (TPSA) is 79.8 Å². The van der Waals surface area contributed by atoms with Crippen LogP contribution in [0.4, 0.5) is 0 Å². The maximum Gasteiger partial charge on any atom is 0.337 e. The first-order valence-electron chi connectivity index (χ1n) is 6.90. The first kappa shape index (κ1) is 17.6. The van der Waals surface area contributed by atoms with Crippen molar-refractivity contribution in [1.82, 2.24) is 10.6 Å². The van der Waals surface area contributed by atoms with Crippen molar-refractivity contribution in [2.75, 3.05) is 13.7 Å². The predicted octanol–water partition coefficient (Wildman–Crippen LogP) is 2.52. The molecule has 1 atom stereocenters. The van der Waals surface area contributed by atoms with Crippen molar-refractivity contribution in [3.05, 3.63) is 33.4 Å². The van der Waals surface area contributed by atoms with E-state index in [1.165, 1.54) is 7.11 Å². The molecule has 1 aliphatic heterocycles. The molecule has 3 N–H and O–H groups in total. The monoisotopic (exact) mass is 400 g/mol. The van der Waals surface area contributed by atoms with Gasteiger partial charge in [-0.2, -0.15) is 0 Å². The molecule has 0 radical (unpaired) electrons. The molecule has 1 heterocycles. The number of esters is 1. The lowest BCUT2D eigenvalue weighted by atomic mass is 9.95. The average molecular weight is 401 g/mol. The minimum atomic E-state index is -0.507. The van der Waals surface area contributed by atoms with Gasteiger partial charge in [-0.25, -0.2) is 4.79 Å². The van der Waals surface area contributed by atoms with Gasteiger partial charge in [-0.15, -0.1) is 0 Å². The zero-order chi connectivity index (χ0) is 17.1. The summed E-state index contributed by atoms with van der Waals surface area (Å²) in [6.45, 7) is 3.98. The number of thiocarbonyl (C=S) groups is 1. The molecule has 0 aliphatic carbocycles. The van der Waals surface area contributed by atoms with Crippen LogP contribution in [0.25, 0.3) is 0 Å². The Bertz CT molecular complexity index is 690. The Balaban J connectivity index is 2.56. The van der Waals surface area contributed by atoms with E-state index in [1.807, 2.05) is 6.92 Å². The molecule has 0 bridgehead atoms. The van der Waals surface area contributed by atoms with E-state index in [1.54, 1.807) is 19.1 Å². The Hall–Kier alpha value is -1.80. The number of allylic oxidation sites excluding steroid dienone is 1. The number of aromatic hydroxyl groups is 1. The lowest BCUT2D eigenvalue weighted by Gasteiger charge is -2.30. The molecule has 1 aliphatic rings. The molecule has 1 aromatic carbocycles. The van der Waals surface area contributed by atoms with Crippen LogP contribution in [0, 0.1) is 0 Å². The zero-order valence-corrected chi connectivity index (χ0v) is 15.3. The van der Waals surface area contributed by atoms with E-state index in [0.29, 0.717) is 38.8 Å².